The Hall–Kier alpha value is -3.12. The van der Waals surface area contributed by atoms with Gasteiger partial charge in [-0.25, -0.2) is 4.98 Å². The highest BCUT2D eigenvalue weighted by atomic mass is 35.5. The Morgan fingerprint density at radius 2 is 1.68 bits per heavy atom. The second-order valence-corrected chi connectivity index (χ2v) is 7.09. The van der Waals surface area contributed by atoms with E-state index in [1.165, 1.54) is 0 Å². The molecule has 0 radical (unpaired) electrons. The van der Waals surface area contributed by atoms with Crippen molar-refractivity contribution in [1.29, 1.82) is 0 Å². The number of hydrogen-bond acceptors (Lipinski definition) is 5. The van der Waals surface area contributed by atoms with E-state index in [4.69, 9.17) is 22.3 Å². The van der Waals surface area contributed by atoms with Crippen molar-refractivity contribution in [2.45, 2.75) is 0 Å². The normalized spacial score (nSPS) is 14.2. The Labute approximate surface area is 168 Å². The lowest BCUT2D eigenvalue weighted by molar-refractivity contribution is 0.100. The number of benzene rings is 2. The van der Waals surface area contributed by atoms with Gasteiger partial charge in [-0.3, -0.25) is 9.78 Å². The molecule has 2 aromatic carbocycles. The number of anilines is 2. The van der Waals surface area contributed by atoms with E-state index in [0.717, 1.165) is 54.0 Å². The molecule has 0 saturated carbocycles. The zero-order valence-corrected chi connectivity index (χ0v) is 16.0. The summed E-state index contributed by atoms with van der Waals surface area (Å²) >= 11 is 6.11. The Bertz CT molecular complexity index is 984. The average molecular weight is 394 g/mol. The van der Waals surface area contributed by atoms with Crippen LogP contribution in [0.3, 0.4) is 0 Å². The molecule has 6 nitrogen and oxygen atoms in total. The van der Waals surface area contributed by atoms with Gasteiger partial charge in [0.05, 0.1) is 18.1 Å². The van der Waals surface area contributed by atoms with Crippen LogP contribution in [0.4, 0.5) is 11.5 Å². The maximum atomic E-state index is 11.2. The van der Waals surface area contributed by atoms with Crippen LogP contribution in [-0.2, 0) is 0 Å². The molecule has 2 heterocycles. The van der Waals surface area contributed by atoms with Crippen molar-refractivity contribution in [2.24, 2.45) is 5.73 Å². The van der Waals surface area contributed by atoms with Gasteiger partial charge in [-0.05, 0) is 30.3 Å². The molecule has 1 saturated heterocycles. The van der Waals surface area contributed by atoms with E-state index in [0.29, 0.717) is 5.56 Å². The van der Waals surface area contributed by atoms with Crippen molar-refractivity contribution in [1.82, 2.24) is 9.97 Å². The van der Waals surface area contributed by atoms with Crippen molar-refractivity contribution in [3.8, 4) is 11.3 Å². The zero-order valence-electron chi connectivity index (χ0n) is 15.3. The van der Waals surface area contributed by atoms with E-state index in [9.17, 15) is 4.79 Å². The van der Waals surface area contributed by atoms with Crippen LogP contribution in [0.1, 0.15) is 10.4 Å². The molecule has 1 aromatic heterocycles. The fourth-order valence-corrected chi connectivity index (χ4v) is 3.50. The van der Waals surface area contributed by atoms with Crippen molar-refractivity contribution >= 4 is 29.0 Å². The predicted octanol–water partition coefficient (Wildman–Crippen LogP) is 3.22. The van der Waals surface area contributed by atoms with Crippen LogP contribution in [0, 0.1) is 0 Å². The molecular weight excluding hydrogens is 374 g/mol. The summed E-state index contributed by atoms with van der Waals surface area (Å²) in [5.74, 6) is 0.409. The summed E-state index contributed by atoms with van der Waals surface area (Å²) in [5, 5.41) is 0.751. The summed E-state index contributed by atoms with van der Waals surface area (Å²) in [4.78, 5) is 24.9. The van der Waals surface area contributed by atoms with Gasteiger partial charge >= 0.3 is 0 Å². The van der Waals surface area contributed by atoms with Crippen LogP contribution in [0.15, 0.2) is 60.9 Å². The quantitative estimate of drug-likeness (QED) is 0.736. The average Bonchev–Trinajstić information content (AvgIpc) is 2.74. The molecule has 0 aliphatic carbocycles. The van der Waals surface area contributed by atoms with Crippen LogP contribution in [-0.4, -0.2) is 42.1 Å². The first-order valence-electron chi connectivity index (χ1n) is 9.08. The highest BCUT2D eigenvalue weighted by molar-refractivity contribution is 6.30. The number of carbonyl (C=O) groups is 1. The van der Waals surface area contributed by atoms with Gasteiger partial charge in [-0.2, -0.15) is 0 Å². The largest absolute Gasteiger partial charge is 0.368 e. The van der Waals surface area contributed by atoms with Gasteiger partial charge in [0, 0.05) is 48.0 Å². The number of amides is 1. The molecule has 4 rings (SSSR count). The van der Waals surface area contributed by atoms with E-state index in [2.05, 4.69) is 20.9 Å². The minimum Gasteiger partial charge on any atom is -0.368 e. The second-order valence-electron chi connectivity index (χ2n) is 6.66. The Morgan fingerprint density at radius 3 is 2.36 bits per heavy atom. The van der Waals surface area contributed by atoms with Gasteiger partial charge in [-0.1, -0.05) is 29.8 Å². The lowest BCUT2D eigenvalue weighted by Crippen LogP contribution is -2.46. The number of piperazine rings is 1. The third kappa shape index (κ3) is 3.92. The van der Waals surface area contributed by atoms with Crippen LogP contribution in [0.5, 0.6) is 0 Å². The molecule has 0 spiro atoms. The zero-order chi connectivity index (χ0) is 19.5. The highest BCUT2D eigenvalue weighted by Crippen LogP contribution is 2.24. The third-order valence-corrected chi connectivity index (χ3v) is 5.10. The number of carbonyl (C=O) groups excluding carboxylic acids is 1. The molecule has 1 amide bonds. The second kappa shape index (κ2) is 7.86. The standard InChI is InChI=1S/C21H20ClN5O/c22-17-2-1-3-18(12-17)26-8-10-27(11-9-26)20-14-24-13-19(25-20)15-4-6-16(7-5-15)21(23)28/h1-7,12-14H,8-11H2,(H2,23,28). The van der Waals surface area contributed by atoms with Crippen LogP contribution in [0.2, 0.25) is 5.02 Å². The summed E-state index contributed by atoms with van der Waals surface area (Å²) < 4.78 is 0. The minimum absolute atomic E-state index is 0.441. The molecule has 0 atom stereocenters. The number of halogens is 1. The summed E-state index contributed by atoms with van der Waals surface area (Å²) in [7, 11) is 0. The van der Waals surface area contributed by atoms with Gasteiger partial charge in [-0.15, -0.1) is 0 Å². The number of hydrogen-bond donors (Lipinski definition) is 1. The predicted molar refractivity (Wildman–Crippen MR) is 112 cm³/mol. The van der Waals surface area contributed by atoms with E-state index in [-0.39, 0.29) is 0 Å². The summed E-state index contributed by atoms with van der Waals surface area (Å²) in [5.41, 5.74) is 8.59. The molecule has 3 aromatic rings. The van der Waals surface area contributed by atoms with Gasteiger partial charge in [0.2, 0.25) is 5.91 Å². The van der Waals surface area contributed by atoms with Crippen molar-refractivity contribution in [2.75, 3.05) is 36.0 Å². The van der Waals surface area contributed by atoms with Crippen LogP contribution < -0.4 is 15.5 Å². The maximum Gasteiger partial charge on any atom is 0.248 e. The molecule has 0 bridgehead atoms. The Morgan fingerprint density at radius 1 is 0.964 bits per heavy atom. The van der Waals surface area contributed by atoms with Crippen LogP contribution in [0.25, 0.3) is 11.3 Å². The van der Waals surface area contributed by atoms with E-state index >= 15 is 0 Å². The minimum atomic E-state index is -0.441. The smallest absolute Gasteiger partial charge is 0.248 e. The fraction of sp³-hybridized carbons (Fsp3) is 0.190. The first kappa shape index (κ1) is 18.3. The molecule has 7 heteroatoms. The monoisotopic (exact) mass is 393 g/mol. The highest BCUT2D eigenvalue weighted by Gasteiger charge is 2.19. The molecule has 28 heavy (non-hydrogen) atoms. The first-order chi connectivity index (χ1) is 13.6. The van der Waals surface area contributed by atoms with E-state index in [1.807, 2.05) is 30.3 Å². The van der Waals surface area contributed by atoms with E-state index < -0.39 is 5.91 Å². The lowest BCUT2D eigenvalue weighted by atomic mass is 10.1. The number of primary amides is 1. The van der Waals surface area contributed by atoms with E-state index in [1.54, 1.807) is 24.5 Å². The Balaban J connectivity index is 1.47. The van der Waals surface area contributed by atoms with Gasteiger partial charge in [0.25, 0.3) is 0 Å². The molecule has 0 unspecified atom stereocenters. The number of aromatic nitrogens is 2. The molecule has 2 N–H and O–H groups in total. The maximum absolute atomic E-state index is 11.2. The van der Waals surface area contributed by atoms with Crippen molar-refractivity contribution in [3.63, 3.8) is 0 Å². The van der Waals surface area contributed by atoms with Crippen molar-refractivity contribution in [3.05, 3.63) is 71.5 Å². The third-order valence-electron chi connectivity index (χ3n) is 4.86. The lowest BCUT2D eigenvalue weighted by Gasteiger charge is -2.36. The SMILES string of the molecule is NC(=O)c1ccc(-c2cncc(N3CCN(c4cccc(Cl)c4)CC3)n2)cc1. The topological polar surface area (TPSA) is 75.4 Å². The summed E-state index contributed by atoms with van der Waals surface area (Å²) in [6.07, 6.45) is 3.52. The van der Waals surface area contributed by atoms with Gasteiger partial charge in [0.1, 0.15) is 5.82 Å². The molecular formula is C21H20ClN5O. The fourth-order valence-electron chi connectivity index (χ4n) is 3.32. The van der Waals surface area contributed by atoms with Crippen LogP contribution >= 0.6 is 11.6 Å². The molecule has 142 valence electrons. The van der Waals surface area contributed by atoms with Gasteiger partial charge in [0.15, 0.2) is 0 Å². The van der Waals surface area contributed by atoms with Gasteiger partial charge < -0.3 is 15.5 Å². The Kier molecular flexibility index (Phi) is 5.12. The molecule has 1 fully saturated rings. The molecule has 1 aliphatic rings. The molecule has 1 aliphatic heterocycles. The summed E-state index contributed by atoms with van der Waals surface area (Å²) in [6.45, 7) is 3.48. The number of nitrogens with zero attached hydrogens (tertiary/aromatic N) is 4. The number of nitrogens with two attached hydrogens (primary N) is 1. The summed E-state index contributed by atoms with van der Waals surface area (Å²) in [6, 6.07) is 15.0. The first-order valence-corrected chi connectivity index (χ1v) is 9.46. The van der Waals surface area contributed by atoms with Crippen molar-refractivity contribution < 1.29 is 4.79 Å². The number of rotatable bonds is 4.